The van der Waals surface area contributed by atoms with Crippen LogP contribution in [-0.2, 0) is 16.1 Å². The van der Waals surface area contributed by atoms with E-state index in [0.29, 0.717) is 37.5 Å². The molecule has 2 aromatic rings. The topological polar surface area (TPSA) is 86.8 Å². The first-order valence-corrected chi connectivity index (χ1v) is 13.9. The maximum atomic E-state index is 13.5. The van der Waals surface area contributed by atoms with Gasteiger partial charge in [0.2, 0.25) is 5.91 Å². The first kappa shape index (κ1) is 28.6. The molecule has 0 radical (unpaired) electrons. The molecule has 0 bridgehead atoms. The van der Waals surface area contributed by atoms with Crippen LogP contribution in [0.3, 0.4) is 0 Å². The third-order valence-electron chi connectivity index (χ3n) is 7.42. The van der Waals surface area contributed by atoms with Gasteiger partial charge in [0.1, 0.15) is 18.1 Å². The van der Waals surface area contributed by atoms with E-state index in [1.165, 1.54) is 5.57 Å². The van der Waals surface area contributed by atoms with E-state index >= 15 is 0 Å². The quantitative estimate of drug-likeness (QED) is 0.314. The number of piperazine rings is 1. The second kappa shape index (κ2) is 13.6. The van der Waals surface area contributed by atoms with Gasteiger partial charge in [-0.1, -0.05) is 43.4 Å². The number of ether oxygens (including phenoxy) is 1. The lowest BCUT2D eigenvalue weighted by atomic mass is 9.96. The molecule has 40 heavy (non-hydrogen) atoms. The summed E-state index contributed by atoms with van der Waals surface area (Å²) in [6.07, 6.45) is 13.8. The summed E-state index contributed by atoms with van der Waals surface area (Å²) >= 11 is 0. The first-order valence-electron chi connectivity index (χ1n) is 13.9. The molecule has 1 amide bonds. The molecule has 0 spiro atoms. The molecule has 1 aromatic carbocycles. The molecule has 0 saturated carbocycles. The molecule has 1 unspecified atom stereocenters. The fourth-order valence-corrected chi connectivity index (χ4v) is 4.93. The Labute approximate surface area is 237 Å². The summed E-state index contributed by atoms with van der Waals surface area (Å²) in [6.45, 7) is 8.99. The van der Waals surface area contributed by atoms with Crippen molar-refractivity contribution in [3.63, 3.8) is 0 Å². The Bertz CT molecular complexity index is 1400. The molecule has 208 valence electrons. The largest absolute Gasteiger partial charge is 0.495 e. The highest BCUT2D eigenvalue weighted by molar-refractivity contribution is 5.77. The van der Waals surface area contributed by atoms with Gasteiger partial charge in [0.15, 0.2) is 0 Å². The van der Waals surface area contributed by atoms with Gasteiger partial charge in [0, 0.05) is 43.4 Å². The molecule has 4 rings (SSSR count). The van der Waals surface area contributed by atoms with Gasteiger partial charge in [-0.15, -0.1) is 0 Å². The van der Waals surface area contributed by atoms with Gasteiger partial charge in [-0.2, -0.15) is 10.4 Å². The number of nitrogens with zero attached hydrogens (tertiary/aromatic N) is 6. The van der Waals surface area contributed by atoms with Crippen molar-refractivity contribution in [1.29, 1.82) is 5.26 Å². The lowest BCUT2D eigenvalue weighted by Crippen LogP contribution is -2.49. The van der Waals surface area contributed by atoms with Crippen molar-refractivity contribution in [2.75, 3.05) is 33.3 Å². The van der Waals surface area contributed by atoms with Gasteiger partial charge >= 0.3 is 0 Å². The number of benzene rings is 1. The van der Waals surface area contributed by atoms with Crippen LogP contribution in [0.4, 0.5) is 0 Å². The lowest BCUT2D eigenvalue weighted by molar-refractivity contribution is -0.133. The Morgan fingerprint density at radius 1 is 1.20 bits per heavy atom. The zero-order chi connectivity index (χ0) is 28.5. The van der Waals surface area contributed by atoms with Crippen molar-refractivity contribution in [2.45, 2.75) is 46.1 Å². The Balaban J connectivity index is 1.50. The summed E-state index contributed by atoms with van der Waals surface area (Å²) in [6, 6.07) is 11.7. The van der Waals surface area contributed by atoms with E-state index in [4.69, 9.17) is 14.8 Å². The number of hydrogen-bond donors (Lipinski definition) is 0. The van der Waals surface area contributed by atoms with Gasteiger partial charge < -0.3 is 14.5 Å². The molecule has 8 heteroatoms. The van der Waals surface area contributed by atoms with Crippen molar-refractivity contribution in [3.8, 4) is 17.3 Å². The minimum Gasteiger partial charge on any atom is -0.495 e. The molecule has 1 saturated heterocycles. The van der Waals surface area contributed by atoms with Crippen molar-refractivity contribution in [3.05, 3.63) is 89.1 Å². The van der Waals surface area contributed by atoms with Crippen LogP contribution in [0.1, 0.15) is 50.8 Å². The van der Waals surface area contributed by atoms with Gasteiger partial charge in [-0.05, 0) is 56.5 Å². The molecular weight excluding hydrogens is 500 g/mol. The normalized spacial score (nSPS) is 18.2. The van der Waals surface area contributed by atoms with Crippen LogP contribution < -0.4 is 0 Å². The van der Waals surface area contributed by atoms with Crippen LogP contribution in [-0.4, -0.2) is 65.0 Å². The number of nitriles is 1. The molecule has 1 atom stereocenters. The van der Waals surface area contributed by atoms with Crippen LogP contribution in [0.15, 0.2) is 82.9 Å². The Morgan fingerprint density at radius 3 is 2.62 bits per heavy atom. The van der Waals surface area contributed by atoms with Crippen molar-refractivity contribution >= 4 is 12.1 Å². The van der Waals surface area contributed by atoms with E-state index in [0.717, 1.165) is 35.6 Å². The number of aliphatic imine (C=N–C) groups is 1. The number of hydrogen-bond acceptors (Lipinski definition) is 6. The van der Waals surface area contributed by atoms with Gasteiger partial charge in [-0.25, -0.2) is 4.99 Å². The fourth-order valence-electron chi connectivity index (χ4n) is 4.93. The number of rotatable bonds is 9. The predicted molar refractivity (Wildman–Crippen MR) is 158 cm³/mol. The molecule has 2 heterocycles. The zero-order valence-corrected chi connectivity index (χ0v) is 23.9. The van der Waals surface area contributed by atoms with Crippen molar-refractivity contribution in [2.24, 2.45) is 4.99 Å². The second-order valence-electron chi connectivity index (χ2n) is 9.94. The third-order valence-corrected chi connectivity index (χ3v) is 7.42. The minimum atomic E-state index is 0.0495. The Hall–Kier alpha value is -4.38. The third kappa shape index (κ3) is 6.78. The second-order valence-corrected chi connectivity index (χ2v) is 9.94. The summed E-state index contributed by atoms with van der Waals surface area (Å²) in [5.41, 5.74) is 4.43. The number of carbonyl (C=O) groups is 1. The fraction of sp³-hybridized carbons (Fsp3) is 0.375. The lowest BCUT2D eigenvalue weighted by Gasteiger charge is -2.36. The molecule has 0 N–H and O–H groups in total. The molecule has 1 fully saturated rings. The Morgan fingerprint density at radius 2 is 1.98 bits per heavy atom. The van der Waals surface area contributed by atoms with Crippen LogP contribution >= 0.6 is 0 Å². The van der Waals surface area contributed by atoms with Gasteiger partial charge in [0.25, 0.3) is 0 Å². The SMILES string of the molecule is C\C=C(/C=N\C(=C(/C)CC)N1CCN(C(=O)Cn2nc(-c3cccc(C#N)c3)cc2C2C=CC=CC2)CC1)OC. The molecular formula is C32H38N6O2. The number of amides is 1. The highest BCUT2D eigenvalue weighted by Gasteiger charge is 2.25. The molecule has 8 nitrogen and oxygen atoms in total. The average Bonchev–Trinajstić information content (AvgIpc) is 3.43. The molecule has 1 aromatic heterocycles. The van der Waals surface area contributed by atoms with E-state index in [1.807, 2.05) is 52.9 Å². The summed E-state index contributed by atoms with van der Waals surface area (Å²) in [4.78, 5) is 22.4. The number of carbonyl (C=O) groups excluding carboxylic acids is 1. The van der Waals surface area contributed by atoms with Crippen LogP contribution in [0.25, 0.3) is 11.3 Å². The van der Waals surface area contributed by atoms with Crippen LogP contribution in [0.5, 0.6) is 0 Å². The van der Waals surface area contributed by atoms with Crippen molar-refractivity contribution in [1.82, 2.24) is 19.6 Å². The average molecular weight is 539 g/mol. The minimum absolute atomic E-state index is 0.0495. The predicted octanol–water partition coefficient (Wildman–Crippen LogP) is 5.43. The first-order chi connectivity index (χ1) is 19.5. The van der Waals surface area contributed by atoms with Crippen LogP contribution in [0, 0.1) is 11.3 Å². The summed E-state index contributed by atoms with van der Waals surface area (Å²) in [5, 5.41) is 14.2. The van der Waals surface area contributed by atoms with Gasteiger partial charge in [0.05, 0.1) is 30.7 Å². The standard InChI is InChI=1S/C32H38N6O2/c1-5-24(3)32(34-22-28(6-2)40-4)37-17-15-36(16-18-37)31(39)23-38-30(26-12-8-7-9-13-26)20-29(35-38)27-14-10-11-25(19-27)21-33/h6-12,14,19-20,22,26H,5,13,15-18,23H2,1-4H3/b28-6+,32-24-,34-22-. The summed E-state index contributed by atoms with van der Waals surface area (Å²) in [7, 11) is 1.64. The highest BCUT2D eigenvalue weighted by Crippen LogP contribution is 2.29. The highest BCUT2D eigenvalue weighted by atomic mass is 16.5. The maximum Gasteiger partial charge on any atom is 0.244 e. The smallest absolute Gasteiger partial charge is 0.244 e. The van der Waals surface area contributed by atoms with E-state index in [1.54, 1.807) is 19.4 Å². The monoisotopic (exact) mass is 538 g/mol. The number of methoxy groups -OCH3 is 1. The number of allylic oxidation sites excluding steroid dienone is 7. The number of aromatic nitrogens is 2. The van der Waals surface area contributed by atoms with Crippen LogP contribution in [0.2, 0.25) is 0 Å². The van der Waals surface area contributed by atoms with Crippen molar-refractivity contribution < 1.29 is 9.53 Å². The van der Waals surface area contributed by atoms with E-state index in [-0.39, 0.29) is 18.4 Å². The van der Waals surface area contributed by atoms with E-state index in [2.05, 4.69) is 43.0 Å². The Kier molecular flexibility index (Phi) is 9.74. The van der Waals surface area contributed by atoms with E-state index in [9.17, 15) is 10.1 Å². The zero-order valence-electron chi connectivity index (χ0n) is 23.9. The van der Waals surface area contributed by atoms with Gasteiger partial charge in [-0.3, -0.25) is 9.48 Å². The summed E-state index contributed by atoms with van der Waals surface area (Å²) in [5.74, 6) is 1.86. The molecule has 1 aliphatic carbocycles. The summed E-state index contributed by atoms with van der Waals surface area (Å²) < 4.78 is 7.18. The molecule has 1 aliphatic heterocycles. The van der Waals surface area contributed by atoms with E-state index < -0.39 is 0 Å². The maximum absolute atomic E-state index is 13.5. The molecule has 2 aliphatic rings.